The molecule has 0 aliphatic heterocycles. The van der Waals surface area contributed by atoms with Crippen molar-refractivity contribution in [2.75, 3.05) is 0 Å². The van der Waals surface area contributed by atoms with Crippen LogP contribution in [0, 0.1) is 11.3 Å². The number of nitriles is 1. The highest BCUT2D eigenvalue weighted by Crippen LogP contribution is 2.27. The lowest BCUT2D eigenvalue weighted by Gasteiger charge is -2.10. The minimum atomic E-state index is -0.245. The fourth-order valence-corrected chi connectivity index (χ4v) is 4.27. The van der Waals surface area contributed by atoms with Crippen molar-refractivity contribution in [2.45, 2.75) is 6.61 Å². The average molecular weight is 535 g/mol. The SMILES string of the molecule is N#Cc1ccccc1COc1ccc(C=Nn2c(-c3ccccc3)nc3ccccc3c2=O)cc1Br. The number of nitrogens with zero attached hydrogens (tertiary/aromatic N) is 4. The zero-order valence-electron chi connectivity index (χ0n) is 19.0. The van der Waals surface area contributed by atoms with Crippen molar-refractivity contribution in [3.8, 4) is 23.2 Å². The lowest BCUT2D eigenvalue weighted by molar-refractivity contribution is 0.304. The molecule has 0 spiro atoms. The van der Waals surface area contributed by atoms with Gasteiger partial charge in [-0.05, 0) is 57.9 Å². The van der Waals surface area contributed by atoms with Gasteiger partial charge in [-0.1, -0.05) is 60.7 Å². The molecule has 1 aromatic heterocycles. The molecule has 0 bridgehead atoms. The Morgan fingerprint density at radius 2 is 1.72 bits per heavy atom. The van der Waals surface area contributed by atoms with E-state index in [9.17, 15) is 10.1 Å². The largest absolute Gasteiger partial charge is 0.488 e. The molecule has 0 unspecified atom stereocenters. The number of halogens is 1. The Morgan fingerprint density at radius 3 is 2.53 bits per heavy atom. The number of benzene rings is 4. The van der Waals surface area contributed by atoms with E-state index in [4.69, 9.17) is 9.72 Å². The van der Waals surface area contributed by atoms with Crippen molar-refractivity contribution in [2.24, 2.45) is 5.10 Å². The fourth-order valence-electron chi connectivity index (χ4n) is 3.75. The first-order valence-electron chi connectivity index (χ1n) is 11.2. The maximum Gasteiger partial charge on any atom is 0.282 e. The Kier molecular flexibility index (Phi) is 6.69. The van der Waals surface area contributed by atoms with Crippen LogP contribution in [0.25, 0.3) is 22.3 Å². The number of para-hydroxylation sites is 1. The molecule has 7 heteroatoms. The number of rotatable bonds is 6. The fraction of sp³-hybridized carbons (Fsp3) is 0.0345. The van der Waals surface area contributed by atoms with E-state index in [0.29, 0.717) is 28.0 Å². The van der Waals surface area contributed by atoms with Gasteiger partial charge in [-0.3, -0.25) is 4.79 Å². The molecule has 174 valence electrons. The summed E-state index contributed by atoms with van der Waals surface area (Å²) in [4.78, 5) is 18.0. The molecule has 0 saturated carbocycles. The number of hydrogen-bond donors (Lipinski definition) is 0. The highest BCUT2D eigenvalue weighted by molar-refractivity contribution is 9.10. The highest BCUT2D eigenvalue weighted by Gasteiger charge is 2.12. The first kappa shape index (κ1) is 23.2. The second kappa shape index (κ2) is 10.4. The van der Waals surface area contributed by atoms with E-state index in [1.807, 2.05) is 84.9 Å². The van der Waals surface area contributed by atoms with Crippen molar-refractivity contribution in [1.82, 2.24) is 9.66 Å². The standard InChI is InChI=1S/C29H19BrN4O2/c30-25-16-20(14-15-27(25)36-19-23-11-5-4-10-22(23)17-31)18-32-34-28(21-8-2-1-3-9-21)33-26-13-7-6-12-24(26)29(34)35/h1-16,18H,19H2. The van der Waals surface area contributed by atoms with Gasteiger partial charge in [-0.25, -0.2) is 4.98 Å². The van der Waals surface area contributed by atoms with E-state index in [0.717, 1.165) is 21.2 Å². The molecule has 0 atom stereocenters. The summed E-state index contributed by atoms with van der Waals surface area (Å²) < 4.78 is 7.98. The molecule has 5 rings (SSSR count). The summed E-state index contributed by atoms with van der Waals surface area (Å²) in [6.07, 6.45) is 1.61. The number of hydrogen-bond acceptors (Lipinski definition) is 5. The number of ether oxygens (including phenoxy) is 1. The van der Waals surface area contributed by atoms with Crippen LogP contribution in [0.2, 0.25) is 0 Å². The van der Waals surface area contributed by atoms with Crippen molar-refractivity contribution in [3.05, 3.63) is 129 Å². The van der Waals surface area contributed by atoms with E-state index in [2.05, 4.69) is 27.1 Å². The summed E-state index contributed by atoms with van der Waals surface area (Å²) in [5.74, 6) is 1.10. The zero-order chi connectivity index (χ0) is 24.9. The van der Waals surface area contributed by atoms with Gasteiger partial charge in [0.2, 0.25) is 0 Å². The van der Waals surface area contributed by atoms with Gasteiger partial charge in [0.25, 0.3) is 5.56 Å². The van der Waals surface area contributed by atoms with Crippen LogP contribution in [-0.4, -0.2) is 15.9 Å². The topological polar surface area (TPSA) is 80.3 Å². The van der Waals surface area contributed by atoms with Gasteiger partial charge in [0.05, 0.1) is 33.2 Å². The molecule has 4 aromatic carbocycles. The molecule has 0 saturated heterocycles. The van der Waals surface area contributed by atoms with E-state index < -0.39 is 0 Å². The predicted octanol–water partition coefficient (Wildman–Crippen LogP) is 6.16. The number of aromatic nitrogens is 2. The van der Waals surface area contributed by atoms with Gasteiger partial charge in [-0.2, -0.15) is 15.0 Å². The maximum atomic E-state index is 13.3. The summed E-state index contributed by atoms with van der Waals surface area (Å²) in [7, 11) is 0. The molecule has 0 radical (unpaired) electrons. The van der Waals surface area contributed by atoms with Crippen molar-refractivity contribution < 1.29 is 4.74 Å². The third kappa shape index (κ3) is 4.81. The Hall–Kier alpha value is -4.54. The summed E-state index contributed by atoms with van der Waals surface area (Å²) >= 11 is 3.55. The van der Waals surface area contributed by atoms with Gasteiger partial charge in [0.1, 0.15) is 12.4 Å². The van der Waals surface area contributed by atoms with Crippen molar-refractivity contribution in [3.63, 3.8) is 0 Å². The van der Waals surface area contributed by atoms with Crippen molar-refractivity contribution >= 4 is 33.0 Å². The molecule has 0 amide bonds. The van der Waals surface area contributed by atoms with Crippen LogP contribution in [0.1, 0.15) is 16.7 Å². The van der Waals surface area contributed by atoms with Crippen LogP contribution < -0.4 is 10.3 Å². The lowest BCUT2D eigenvalue weighted by Crippen LogP contribution is -2.20. The molecule has 36 heavy (non-hydrogen) atoms. The zero-order valence-corrected chi connectivity index (χ0v) is 20.6. The normalized spacial score (nSPS) is 11.0. The summed E-state index contributed by atoms with van der Waals surface area (Å²) in [6.45, 7) is 0.272. The monoisotopic (exact) mass is 534 g/mol. The van der Waals surface area contributed by atoms with Crippen molar-refractivity contribution in [1.29, 1.82) is 5.26 Å². The van der Waals surface area contributed by atoms with E-state index >= 15 is 0 Å². The van der Waals surface area contributed by atoms with Gasteiger partial charge in [0, 0.05) is 11.1 Å². The minimum Gasteiger partial charge on any atom is -0.488 e. The van der Waals surface area contributed by atoms with Gasteiger partial charge < -0.3 is 4.74 Å². The average Bonchev–Trinajstić information content (AvgIpc) is 2.92. The smallest absolute Gasteiger partial charge is 0.282 e. The second-order valence-corrected chi connectivity index (χ2v) is 8.78. The molecule has 0 fully saturated rings. The minimum absolute atomic E-state index is 0.245. The van der Waals surface area contributed by atoms with E-state index in [1.54, 1.807) is 18.3 Å². The maximum absolute atomic E-state index is 13.3. The quantitative estimate of drug-likeness (QED) is 0.244. The van der Waals surface area contributed by atoms with E-state index in [1.165, 1.54) is 4.68 Å². The molecule has 1 heterocycles. The predicted molar refractivity (Wildman–Crippen MR) is 144 cm³/mol. The van der Waals surface area contributed by atoms with Crippen LogP contribution in [0.4, 0.5) is 0 Å². The summed E-state index contributed by atoms with van der Waals surface area (Å²) in [5, 5.41) is 14.3. The van der Waals surface area contributed by atoms with Crippen LogP contribution in [0.3, 0.4) is 0 Å². The van der Waals surface area contributed by atoms with E-state index in [-0.39, 0.29) is 12.2 Å². The molecule has 0 aliphatic carbocycles. The lowest BCUT2D eigenvalue weighted by atomic mass is 10.1. The molecule has 5 aromatic rings. The first-order chi connectivity index (χ1) is 17.6. The molecule has 0 N–H and O–H groups in total. The van der Waals surface area contributed by atoms with Crippen LogP contribution in [-0.2, 0) is 6.61 Å². The van der Waals surface area contributed by atoms with Gasteiger partial charge in [-0.15, -0.1) is 0 Å². The molecule has 6 nitrogen and oxygen atoms in total. The van der Waals surface area contributed by atoms with Gasteiger partial charge >= 0.3 is 0 Å². The first-order valence-corrected chi connectivity index (χ1v) is 12.0. The summed E-state index contributed by atoms with van der Waals surface area (Å²) in [5.41, 5.74) is 3.34. The Balaban J connectivity index is 1.46. The van der Waals surface area contributed by atoms with Gasteiger partial charge in [0.15, 0.2) is 5.82 Å². The second-order valence-electron chi connectivity index (χ2n) is 7.93. The Bertz CT molecular complexity index is 1690. The highest BCUT2D eigenvalue weighted by atomic mass is 79.9. The summed E-state index contributed by atoms with van der Waals surface area (Å²) in [6, 6.07) is 31.8. The molecule has 0 aliphatic rings. The van der Waals surface area contributed by atoms with Crippen LogP contribution >= 0.6 is 15.9 Å². The number of fused-ring (bicyclic) bond motifs is 1. The van der Waals surface area contributed by atoms with Crippen LogP contribution in [0.15, 0.2) is 111 Å². The third-order valence-corrected chi connectivity index (χ3v) is 6.20. The Morgan fingerprint density at radius 1 is 0.972 bits per heavy atom. The van der Waals surface area contributed by atoms with Crippen LogP contribution in [0.5, 0.6) is 5.75 Å². The Labute approximate surface area is 215 Å². The molecular weight excluding hydrogens is 516 g/mol. The third-order valence-electron chi connectivity index (χ3n) is 5.58. The molecular formula is C29H19BrN4O2.